The van der Waals surface area contributed by atoms with Gasteiger partial charge in [0.1, 0.15) is 0 Å². The molecular weight excluding hydrogens is 232 g/mol. The lowest BCUT2D eigenvalue weighted by Crippen LogP contribution is -2.52. The lowest BCUT2D eigenvalue weighted by atomic mass is 9.69. The molecule has 114 valence electrons. The Labute approximate surface area is 121 Å². The van der Waals surface area contributed by atoms with Crippen molar-refractivity contribution >= 4 is 0 Å². The van der Waals surface area contributed by atoms with Crippen LogP contribution >= 0.6 is 0 Å². The Morgan fingerprint density at radius 1 is 1.26 bits per heavy atom. The van der Waals surface area contributed by atoms with Gasteiger partial charge in [-0.25, -0.2) is 0 Å². The van der Waals surface area contributed by atoms with E-state index in [2.05, 4.69) is 53.7 Å². The van der Waals surface area contributed by atoms with Crippen LogP contribution in [0.1, 0.15) is 47.0 Å². The lowest BCUT2D eigenvalue weighted by Gasteiger charge is -2.47. The largest absolute Gasteiger partial charge is 0.328 e. The summed E-state index contributed by atoms with van der Waals surface area (Å²) in [5.41, 5.74) is 0.511. The molecule has 1 aliphatic heterocycles. The molecule has 0 aliphatic carbocycles. The van der Waals surface area contributed by atoms with Crippen LogP contribution in [0.25, 0.3) is 0 Å². The molecule has 1 heterocycles. The summed E-state index contributed by atoms with van der Waals surface area (Å²) in [6, 6.07) is 0. The van der Waals surface area contributed by atoms with Crippen LogP contribution in [0.3, 0.4) is 0 Å². The Kier molecular flexibility index (Phi) is 5.88. The second-order valence-electron chi connectivity index (χ2n) is 8.41. The third kappa shape index (κ3) is 5.43. The van der Waals surface area contributed by atoms with Gasteiger partial charge in [0.05, 0.1) is 27.2 Å². The normalized spacial score (nSPS) is 20.4. The van der Waals surface area contributed by atoms with Gasteiger partial charge in [0.25, 0.3) is 0 Å². The first kappa shape index (κ1) is 17.0. The van der Waals surface area contributed by atoms with Gasteiger partial charge in [-0.1, -0.05) is 34.1 Å². The summed E-state index contributed by atoms with van der Waals surface area (Å²) in [6.07, 6.45) is 4.05. The van der Waals surface area contributed by atoms with Gasteiger partial charge in [-0.15, -0.1) is 0 Å². The molecule has 0 saturated carbocycles. The highest BCUT2D eigenvalue weighted by atomic mass is 15.3. The van der Waals surface area contributed by atoms with Crippen molar-refractivity contribution < 1.29 is 4.48 Å². The van der Waals surface area contributed by atoms with E-state index in [0.717, 1.165) is 11.8 Å². The summed E-state index contributed by atoms with van der Waals surface area (Å²) >= 11 is 0. The summed E-state index contributed by atoms with van der Waals surface area (Å²) in [5, 5.41) is 0. The quantitative estimate of drug-likeness (QED) is 0.610. The molecule has 0 aromatic heterocycles. The summed E-state index contributed by atoms with van der Waals surface area (Å²) < 4.78 is 1.19. The highest BCUT2D eigenvalue weighted by Gasteiger charge is 2.38. The van der Waals surface area contributed by atoms with Gasteiger partial charge in [0.15, 0.2) is 0 Å². The minimum atomic E-state index is 0.511. The zero-order valence-electron chi connectivity index (χ0n) is 14.5. The standard InChI is InChI=1S/C17H37N2/c1-8-9-10-19(6,7)14-15(2)11-17(3,4)16-12-18(5)13-16/h15-16H,8-14H2,1-7H3/q+1. The minimum absolute atomic E-state index is 0.511. The fourth-order valence-electron chi connectivity index (χ4n) is 3.84. The molecular formula is C17H37N2+. The fourth-order valence-corrected chi connectivity index (χ4v) is 3.84. The van der Waals surface area contributed by atoms with Crippen molar-refractivity contribution in [3.8, 4) is 0 Å². The lowest BCUT2D eigenvalue weighted by molar-refractivity contribution is -0.893. The van der Waals surface area contributed by atoms with Crippen molar-refractivity contribution in [2.45, 2.75) is 47.0 Å². The third-order valence-corrected chi connectivity index (χ3v) is 4.97. The van der Waals surface area contributed by atoms with Gasteiger partial charge in [-0.2, -0.15) is 0 Å². The Hall–Kier alpha value is -0.0800. The van der Waals surface area contributed by atoms with Crippen molar-refractivity contribution in [3.63, 3.8) is 0 Å². The van der Waals surface area contributed by atoms with Crippen LogP contribution in [0.15, 0.2) is 0 Å². The van der Waals surface area contributed by atoms with E-state index in [-0.39, 0.29) is 0 Å². The predicted molar refractivity (Wildman–Crippen MR) is 85.3 cm³/mol. The summed E-state index contributed by atoms with van der Waals surface area (Å²) in [4.78, 5) is 2.44. The smallest absolute Gasteiger partial charge is 0.0808 e. The van der Waals surface area contributed by atoms with E-state index in [1.807, 2.05) is 0 Å². The molecule has 1 saturated heterocycles. The molecule has 0 bridgehead atoms. The number of rotatable bonds is 8. The average molecular weight is 269 g/mol. The van der Waals surface area contributed by atoms with Gasteiger partial charge >= 0.3 is 0 Å². The first-order chi connectivity index (χ1) is 8.66. The topological polar surface area (TPSA) is 3.24 Å². The molecule has 2 nitrogen and oxygen atoms in total. The van der Waals surface area contributed by atoms with E-state index in [0.29, 0.717) is 5.41 Å². The van der Waals surface area contributed by atoms with Crippen LogP contribution in [0.5, 0.6) is 0 Å². The van der Waals surface area contributed by atoms with Crippen LogP contribution in [-0.2, 0) is 0 Å². The molecule has 19 heavy (non-hydrogen) atoms. The Bertz CT molecular complexity index is 264. The number of nitrogens with zero attached hydrogens (tertiary/aromatic N) is 2. The van der Waals surface area contributed by atoms with Gasteiger partial charge in [0, 0.05) is 19.0 Å². The SMILES string of the molecule is CCCC[N+](C)(C)CC(C)CC(C)(C)C1CN(C)C1. The zero-order valence-corrected chi connectivity index (χ0v) is 14.5. The molecule has 0 aromatic rings. The molecule has 1 fully saturated rings. The molecule has 0 amide bonds. The molecule has 2 heteroatoms. The second kappa shape index (κ2) is 6.58. The number of likely N-dealkylation sites (tertiary alicyclic amines) is 1. The zero-order chi connectivity index (χ0) is 14.7. The maximum atomic E-state index is 2.48. The molecule has 0 N–H and O–H groups in total. The number of hydrogen-bond acceptors (Lipinski definition) is 1. The second-order valence-corrected chi connectivity index (χ2v) is 8.41. The highest BCUT2D eigenvalue weighted by Crippen LogP contribution is 2.39. The maximum Gasteiger partial charge on any atom is 0.0808 e. The van der Waals surface area contributed by atoms with E-state index < -0.39 is 0 Å². The minimum Gasteiger partial charge on any atom is -0.328 e. The van der Waals surface area contributed by atoms with E-state index in [1.54, 1.807) is 0 Å². The first-order valence-electron chi connectivity index (χ1n) is 8.17. The van der Waals surface area contributed by atoms with Crippen molar-refractivity contribution in [3.05, 3.63) is 0 Å². The van der Waals surface area contributed by atoms with E-state index in [1.165, 1.54) is 49.9 Å². The van der Waals surface area contributed by atoms with Gasteiger partial charge < -0.3 is 9.38 Å². The number of quaternary nitrogens is 1. The van der Waals surface area contributed by atoms with Crippen molar-refractivity contribution in [1.82, 2.24) is 4.90 Å². The average Bonchev–Trinajstić information content (AvgIpc) is 2.20. The summed E-state index contributed by atoms with van der Waals surface area (Å²) in [7, 11) is 7.04. The highest BCUT2D eigenvalue weighted by molar-refractivity contribution is 4.89. The fraction of sp³-hybridized carbons (Fsp3) is 1.00. The number of unbranched alkanes of at least 4 members (excludes halogenated alkanes) is 1. The molecule has 1 atom stereocenters. The molecule has 0 spiro atoms. The van der Waals surface area contributed by atoms with Crippen molar-refractivity contribution in [2.24, 2.45) is 17.3 Å². The Morgan fingerprint density at radius 2 is 1.84 bits per heavy atom. The van der Waals surface area contributed by atoms with Crippen LogP contribution in [-0.4, -0.2) is 56.7 Å². The van der Waals surface area contributed by atoms with Gasteiger partial charge in [0.2, 0.25) is 0 Å². The van der Waals surface area contributed by atoms with E-state index in [4.69, 9.17) is 0 Å². The van der Waals surface area contributed by atoms with E-state index >= 15 is 0 Å². The Morgan fingerprint density at radius 3 is 2.32 bits per heavy atom. The molecule has 0 aromatic carbocycles. The van der Waals surface area contributed by atoms with Gasteiger partial charge in [-0.3, -0.25) is 0 Å². The monoisotopic (exact) mass is 269 g/mol. The van der Waals surface area contributed by atoms with Gasteiger partial charge in [-0.05, 0) is 31.2 Å². The molecule has 0 radical (unpaired) electrons. The maximum absolute atomic E-state index is 2.48. The van der Waals surface area contributed by atoms with Crippen molar-refractivity contribution in [1.29, 1.82) is 0 Å². The van der Waals surface area contributed by atoms with Crippen LogP contribution in [0.4, 0.5) is 0 Å². The predicted octanol–water partition coefficient (Wildman–Crippen LogP) is 3.48. The Balaban J connectivity index is 2.39. The van der Waals surface area contributed by atoms with Crippen LogP contribution in [0, 0.1) is 17.3 Å². The third-order valence-electron chi connectivity index (χ3n) is 4.97. The van der Waals surface area contributed by atoms with Crippen molar-refractivity contribution in [2.75, 3.05) is 47.3 Å². The molecule has 1 unspecified atom stereocenters. The number of hydrogen-bond donors (Lipinski definition) is 0. The van der Waals surface area contributed by atoms with E-state index in [9.17, 15) is 0 Å². The molecule has 1 aliphatic rings. The molecule has 1 rings (SSSR count). The first-order valence-corrected chi connectivity index (χ1v) is 8.17. The van der Waals surface area contributed by atoms with Crippen LogP contribution < -0.4 is 0 Å². The summed E-state index contributed by atoms with van der Waals surface area (Å²) in [5.74, 6) is 1.74. The van der Waals surface area contributed by atoms with Crippen LogP contribution in [0.2, 0.25) is 0 Å². The summed E-state index contributed by atoms with van der Waals surface area (Å²) in [6.45, 7) is 15.0.